The number of imidazole rings is 1. The second-order valence-corrected chi connectivity index (χ2v) is 6.09. The molecule has 0 unspecified atom stereocenters. The van der Waals surface area contributed by atoms with Crippen LogP contribution in [0.1, 0.15) is 5.56 Å². The van der Waals surface area contributed by atoms with E-state index in [9.17, 15) is 18.8 Å². The molecule has 0 aliphatic rings. The van der Waals surface area contributed by atoms with E-state index >= 15 is 0 Å². The second kappa shape index (κ2) is 6.75. The largest absolute Gasteiger partial charge is 0.350 e. The first-order valence-corrected chi connectivity index (χ1v) is 8.00. The van der Waals surface area contributed by atoms with Gasteiger partial charge < -0.3 is 5.32 Å². The first-order chi connectivity index (χ1) is 12.3. The Kier molecular flexibility index (Phi) is 4.64. The van der Waals surface area contributed by atoms with E-state index in [-0.39, 0.29) is 35.4 Å². The quantitative estimate of drug-likeness (QED) is 0.670. The number of aromatic nitrogens is 4. The minimum absolute atomic E-state index is 0.0662. The summed E-state index contributed by atoms with van der Waals surface area (Å²) in [4.78, 5) is 40.6. The van der Waals surface area contributed by atoms with Crippen molar-refractivity contribution in [1.29, 1.82) is 0 Å². The molecule has 136 valence electrons. The first-order valence-electron chi connectivity index (χ1n) is 7.62. The van der Waals surface area contributed by atoms with Crippen molar-refractivity contribution in [2.75, 3.05) is 0 Å². The SMILES string of the molecule is Cn1c(=O)c2c(nc(Cl)n2CC(=O)NCc2ccc(F)cc2)n(C)c1=O. The minimum Gasteiger partial charge on any atom is -0.350 e. The average Bonchev–Trinajstić information content (AvgIpc) is 2.94. The van der Waals surface area contributed by atoms with Crippen molar-refractivity contribution in [3.05, 3.63) is 61.8 Å². The summed E-state index contributed by atoms with van der Waals surface area (Å²) in [5, 5.41) is 2.59. The van der Waals surface area contributed by atoms with Crippen LogP contribution >= 0.6 is 11.6 Å². The number of hydrogen-bond acceptors (Lipinski definition) is 4. The summed E-state index contributed by atoms with van der Waals surface area (Å²) in [5.74, 6) is -0.773. The summed E-state index contributed by atoms with van der Waals surface area (Å²) in [7, 11) is 2.80. The molecule has 2 aromatic heterocycles. The van der Waals surface area contributed by atoms with Gasteiger partial charge >= 0.3 is 5.69 Å². The maximum Gasteiger partial charge on any atom is 0.332 e. The van der Waals surface area contributed by atoms with Gasteiger partial charge in [0.2, 0.25) is 11.2 Å². The van der Waals surface area contributed by atoms with E-state index in [0.29, 0.717) is 0 Å². The Hall–Kier alpha value is -2.94. The molecule has 10 heteroatoms. The maximum absolute atomic E-state index is 12.9. The van der Waals surface area contributed by atoms with E-state index in [1.807, 2.05) is 0 Å². The van der Waals surface area contributed by atoms with E-state index in [0.717, 1.165) is 10.1 Å². The van der Waals surface area contributed by atoms with Crippen LogP contribution in [0.2, 0.25) is 5.28 Å². The van der Waals surface area contributed by atoms with Crippen LogP contribution in [0, 0.1) is 5.82 Å². The molecule has 0 atom stereocenters. The van der Waals surface area contributed by atoms with Gasteiger partial charge in [0.05, 0.1) is 0 Å². The number of benzene rings is 1. The highest BCUT2D eigenvalue weighted by molar-refractivity contribution is 6.29. The third-order valence-electron chi connectivity index (χ3n) is 4.01. The van der Waals surface area contributed by atoms with Crippen molar-refractivity contribution >= 4 is 28.7 Å². The lowest BCUT2D eigenvalue weighted by Crippen LogP contribution is -2.38. The van der Waals surface area contributed by atoms with Crippen LogP contribution in [0.4, 0.5) is 4.39 Å². The number of hydrogen-bond donors (Lipinski definition) is 1. The number of rotatable bonds is 4. The van der Waals surface area contributed by atoms with Crippen LogP contribution in [-0.2, 0) is 32.0 Å². The molecule has 8 nitrogen and oxygen atoms in total. The molecular weight excluding hydrogens is 365 g/mol. The average molecular weight is 380 g/mol. The Labute approximate surface area is 151 Å². The molecule has 0 radical (unpaired) electrons. The van der Waals surface area contributed by atoms with Gasteiger partial charge in [-0.2, -0.15) is 4.98 Å². The smallest absolute Gasteiger partial charge is 0.332 e. The van der Waals surface area contributed by atoms with Crippen molar-refractivity contribution < 1.29 is 9.18 Å². The molecule has 0 fully saturated rings. The lowest BCUT2D eigenvalue weighted by atomic mass is 10.2. The molecule has 3 aromatic rings. The summed E-state index contributed by atoms with van der Waals surface area (Å²) in [5.41, 5.74) is -0.232. The van der Waals surface area contributed by atoms with Crippen LogP contribution in [0.15, 0.2) is 33.9 Å². The summed E-state index contributed by atoms with van der Waals surface area (Å²) in [6, 6.07) is 5.71. The van der Waals surface area contributed by atoms with Crippen LogP contribution in [-0.4, -0.2) is 24.6 Å². The molecule has 0 saturated carbocycles. The van der Waals surface area contributed by atoms with Crippen molar-refractivity contribution in [2.45, 2.75) is 13.1 Å². The highest BCUT2D eigenvalue weighted by Crippen LogP contribution is 2.15. The molecule has 26 heavy (non-hydrogen) atoms. The van der Waals surface area contributed by atoms with Crippen molar-refractivity contribution in [3.63, 3.8) is 0 Å². The lowest BCUT2D eigenvalue weighted by Gasteiger charge is -2.08. The highest BCUT2D eigenvalue weighted by Gasteiger charge is 2.19. The topological polar surface area (TPSA) is 90.9 Å². The Morgan fingerprint density at radius 3 is 2.50 bits per heavy atom. The van der Waals surface area contributed by atoms with Crippen molar-refractivity contribution in [2.24, 2.45) is 14.1 Å². The van der Waals surface area contributed by atoms with Gasteiger partial charge in [-0.25, -0.2) is 9.18 Å². The first kappa shape index (κ1) is 17.9. The second-order valence-electron chi connectivity index (χ2n) is 5.75. The van der Waals surface area contributed by atoms with Gasteiger partial charge in [-0.15, -0.1) is 0 Å². The lowest BCUT2D eigenvalue weighted by molar-refractivity contribution is -0.121. The highest BCUT2D eigenvalue weighted by atomic mass is 35.5. The monoisotopic (exact) mass is 379 g/mol. The van der Waals surface area contributed by atoms with Gasteiger partial charge in [-0.1, -0.05) is 12.1 Å². The minimum atomic E-state index is -0.589. The van der Waals surface area contributed by atoms with Crippen molar-refractivity contribution in [1.82, 2.24) is 24.0 Å². The molecule has 1 amide bonds. The number of nitrogens with zero attached hydrogens (tertiary/aromatic N) is 4. The molecule has 1 aromatic carbocycles. The fourth-order valence-corrected chi connectivity index (χ4v) is 2.79. The fraction of sp³-hybridized carbons (Fsp3) is 0.250. The molecule has 0 saturated heterocycles. The van der Waals surface area contributed by atoms with Gasteiger partial charge in [0, 0.05) is 20.6 Å². The number of carbonyl (C=O) groups is 1. The molecule has 2 heterocycles. The van der Waals surface area contributed by atoms with E-state index in [4.69, 9.17) is 11.6 Å². The number of amides is 1. The summed E-state index contributed by atoms with van der Waals surface area (Å²) < 4.78 is 16.3. The Bertz CT molecular complexity index is 1110. The number of fused-ring (bicyclic) bond motifs is 1. The zero-order valence-corrected chi connectivity index (χ0v) is 14.7. The summed E-state index contributed by atoms with van der Waals surface area (Å²) in [6.45, 7) is -0.0518. The zero-order chi connectivity index (χ0) is 19.0. The van der Waals surface area contributed by atoms with Gasteiger partial charge in [-0.3, -0.25) is 23.3 Å². The van der Waals surface area contributed by atoms with Crippen LogP contribution in [0.3, 0.4) is 0 Å². The molecule has 0 bridgehead atoms. The van der Waals surface area contributed by atoms with Crippen LogP contribution in [0.25, 0.3) is 11.2 Å². The Balaban J connectivity index is 1.88. The Morgan fingerprint density at radius 1 is 1.19 bits per heavy atom. The molecule has 3 rings (SSSR count). The van der Waals surface area contributed by atoms with Crippen molar-refractivity contribution in [3.8, 4) is 0 Å². The zero-order valence-electron chi connectivity index (χ0n) is 14.0. The molecule has 0 aliphatic carbocycles. The predicted octanol–water partition coefficient (Wildman–Crippen LogP) is 0.543. The molecule has 0 aliphatic heterocycles. The molecule has 1 N–H and O–H groups in total. The van der Waals surface area contributed by atoms with Crippen LogP contribution < -0.4 is 16.6 Å². The number of carbonyl (C=O) groups excluding carboxylic acids is 1. The third-order valence-corrected chi connectivity index (χ3v) is 4.29. The number of nitrogens with one attached hydrogen (secondary N) is 1. The number of halogens is 2. The van der Waals surface area contributed by atoms with E-state index in [2.05, 4.69) is 10.3 Å². The van der Waals surface area contributed by atoms with Gasteiger partial charge in [0.15, 0.2) is 11.2 Å². The standard InChI is InChI=1S/C16H15ClFN5O3/c1-21-13-12(14(25)22(2)16(21)26)23(15(17)20-13)8-11(24)19-7-9-3-5-10(18)6-4-9/h3-6H,7-8H2,1-2H3,(H,19,24). The maximum atomic E-state index is 12.9. The Morgan fingerprint density at radius 2 is 1.85 bits per heavy atom. The van der Waals surface area contributed by atoms with Crippen LogP contribution in [0.5, 0.6) is 0 Å². The van der Waals surface area contributed by atoms with Gasteiger partial charge in [-0.05, 0) is 29.3 Å². The fourth-order valence-electron chi connectivity index (χ4n) is 2.57. The molecule has 0 spiro atoms. The summed E-state index contributed by atoms with van der Waals surface area (Å²) >= 11 is 6.06. The third kappa shape index (κ3) is 3.13. The van der Waals surface area contributed by atoms with E-state index in [1.165, 1.54) is 35.4 Å². The molecular formula is C16H15ClFN5O3. The number of aryl methyl sites for hydroxylation is 1. The summed E-state index contributed by atoms with van der Waals surface area (Å²) in [6.07, 6.45) is 0. The van der Waals surface area contributed by atoms with E-state index in [1.54, 1.807) is 12.1 Å². The predicted molar refractivity (Wildman–Crippen MR) is 93.5 cm³/mol. The van der Waals surface area contributed by atoms with Gasteiger partial charge in [0.1, 0.15) is 12.4 Å². The van der Waals surface area contributed by atoms with E-state index < -0.39 is 17.2 Å². The normalized spacial score (nSPS) is 11.1. The van der Waals surface area contributed by atoms with Gasteiger partial charge in [0.25, 0.3) is 5.56 Å².